The number of benzene rings is 3. The van der Waals surface area contributed by atoms with E-state index < -0.39 is 0 Å². The molecule has 3 aromatic carbocycles. The van der Waals surface area contributed by atoms with Gasteiger partial charge in [0.25, 0.3) is 0 Å². The van der Waals surface area contributed by atoms with Gasteiger partial charge in [-0.3, -0.25) is 0 Å². The van der Waals surface area contributed by atoms with Crippen LogP contribution in [0, 0.1) is 11.3 Å². The van der Waals surface area contributed by atoms with Crippen LogP contribution in [0.25, 0.3) is 22.5 Å². The molecule has 5 heteroatoms. The number of ether oxygens (including phenoxy) is 1. The molecule has 0 bridgehead atoms. The minimum Gasteiger partial charge on any atom is -0.504 e. The maximum absolute atomic E-state index is 9.93. The fourth-order valence-corrected chi connectivity index (χ4v) is 3.30. The van der Waals surface area contributed by atoms with Crippen LogP contribution in [0.4, 0.5) is 5.88 Å². The second-order valence-electron chi connectivity index (χ2n) is 6.75. The number of hydrogen-bond donors (Lipinski definition) is 1. The molecule has 0 unspecified atom stereocenters. The Bertz CT molecular complexity index is 1250. The molecule has 0 amide bonds. The van der Waals surface area contributed by atoms with Gasteiger partial charge in [0, 0.05) is 17.3 Å². The standard InChI is InChI=1S/C26H20N2O3/c1-2-30-23-15-18(13-14-22(23)29)17-28-26-21(16-27)24(19-9-5-3-6-10-19)25(31-26)20-11-7-4-8-12-20/h3-15,17,29H,2H2,1H3/b28-17+. The molecule has 4 rings (SSSR count). The van der Waals surface area contributed by atoms with Crippen LogP contribution in [0.15, 0.2) is 88.3 Å². The summed E-state index contributed by atoms with van der Waals surface area (Å²) >= 11 is 0. The van der Waals surface area contributed by atoms with E-state index in [2.05, 4.69) is 11.1 Å². The van der Waals surface area contributed by atoms with Crippen LogP contribution in [0.1, 0.15) is 18.1 Å². The van der Waals surface area contributed by atoms with E-state index in [-0.39, 0.29) is 11.6 Å². The van der Waals surface area contributed by atoms with Crippen molar-refractivity contribution in [1.29, 1.82) is 5.26 Å². The van der Waals surface area contributed by atoms with E-state index in [9.17, 15) is 10.4 Å². The predicted octanol–water partition coefficient (Wildman–Crippen LogP) is 6.34. The van der Waals surface area contributed by atoms with Gasteiger partial charge in [0.15, 0.2) is 11.5 Å². The average Bonchev–Trinajstić information content (AvgIpc) is 3.19. The van der Waals surface area contributed by atoms with E-state index in [4.69, 9.17) is 9.15 Å². The molecule has 4 aromatic rings. The third-order valence-corrected chi connectivity index (χ3v) is 4.71. The SMILES string of the molecule is CCOc1cc(/C=N/c2oc(-c3ccccc3)c(-c3ccccc3)c2C#N)ccc1O. The molecule has 0 atom stereocenters. The van der Waals surface area contributed by atoms with Crippen LogP contribution >= 0.6 is 0 Å². The molecular formula is C26H20N2O3. The lowest BCUT2D eigenvalue weighted by atomic mass is 9.98. The van der Waals surface area contributed by atoms with Gasteiger partial charge >= 0.3 is 0 Å². The van der Waals surface area contributed by atoms with Crippen molar-refractivity contribution in [3.05, 3.63) is 90.0 Å². The molecule has 0 saturated carbocycles. The van der Waals surface area contributed by atoms with Gasteiger partial charge in [-0.25, -0.2) is 4.99 Å². The lowest BCUT2D eigenvalue weighted by Crippen LogP contribution is -1.93. The summed E-state index contributed by atoms with van der Waals surface area (Å²) in [5.74, 6) is 1.26. The number of nitrogens with zero attached hydrogens (tertiary/aromatic N) is 2. The Morgan fingerprint density at radius 3 is 2.32 bits per heavy atom. The van der Waals surface area contributed by atoms with Gasteiger partial charge in [0.05, 0.1) is 6.61 Å². The zero-order chi connectivity index (χ0) is 21.6. The summed E-state index contributed by atoms with van der Waals surface area (Å²) < 4.78 is 11.5. The van der Waals surface area contributed by atoms with E-state index in [1.807, 2.05) is 67.6 Å². The summed E-state index contributed by atoms with van der Waals surface area (Å²) in [5, 5.41) is 19.8. The van der Waals surface area contributed by atoms with Crippen LogP contribution in [0.3, 0.4) is 0 Å². The van der Waals surface area contributed by atoms with Crippen molar-refractivity contribution < 1.29 is 14.3 Å². The number of hydrogen-bond acceptors (Lipinski definition) is 5. The van der Waals surface area contributed by atoms with Gasteiger partial charge in [-0.05, 0) is 36.2 Å². The van der Waals surface area contributed by atoms with Crippen molar-refractivity contribution in [1.82, 2.24) is 0 Å². The van der Waals surface area contributed by atoms with Gasteiger partial charge in [0.1, 0.15) is 17.4 Å². The second-order valence-corrected chi connectivity index (χ2v) is 6.75. The zero-order valence-electron chi connectivity index (χ0n) is 16.9. The number of furan rings is 1. The van der Waals surface area contributed by atoms with Crippen molar-refractivity contribution in [2.45, 2.75) is 6.92 Å². The zero-order valence-corrected chi connectivity index (χ0v) is 16.9. The Hall–Kier alpha value is -4.30. The number of nitriles is 1. The van der Waals surface area contributed by atoms with Gasteiger partial charge in [-0.15, -0.1) is 0 Å². The molecule has 0 radical (unpaired) electrons. The van der Waals surface area contributed by atoms with Crippen LogP contribution in [0.2, 0.25) is 0 Å². The molecule has 1 heterocycles. The van der Waals surface area contributed by atoms with Crippen molar-refractivity contribution >= 4 is 12.1 Å². The maximum Gasteiger partial charge on any atom is 0.238 e. The van der Waals surface area contributed by atoms with Crippen LogP contribution < -0.4 is 4.74 Å². The minimum absolute atomic E-state index is 0.0624. The fraction of sp³-hybridized carbons (Fsp3) is 0.0769. The van der Waals surface area contributed by atoms with Gasteiger partial charge in [-0.1, -0.05) is 60.7 Å². The quantitative estimate of drug-likeness (QED) is 0.378. The molecule has 31 heavy (non-hydrogen) atoms. The first kappa shape index (κ1) is 20.0. The molecule has 0 fully saturated rings. The topological polar surface area (TPSA) is 78.8 Å². The van der Waals surface area contributed by atoms with Crippen LogP contribution in [-0.2, 0) is 0 Å². The first-order chi connectivity index (χ1) is 15.2. The third-order valence-electron chi connectivity index (χ3n) is 4.71. The smallest absolute Gasteiger partial charge is 0.238 e. The minimum atomic E-state index is 0.0624. The first-order valence-electron chi connectivity index (χ1n) is 9.89. The average molecular weight is 408 g/mol. The Kier molecular flexibility index (Phi) is 5.82. The molecule has 0 spiro atoms. The monoisotopic (exact) mass is 408 g/mol. The Labute approximate surface area is 180 Å². The number of aliphatic imine (C=N–C) groups is 1. The summed E-state index contributed by atoms with van der Waals surface area (Å²) in [6.07, 6.45) is 1.59. The number of phenols is 1. The molecule has 1 N–H and O–H groups in total. The molecule has 0 aliphatic carbocycles. The van der Waals surface area contributed by atoms with Crippen LogP contribution in [-0.4, -0.2) is 17.9 Å². The van der Waals surface area contributed by atoms with Gasteiger partial charge < -0.3 is 14.3 Å². The number of aromatic hydroxyl groups is 1. The molecule has 0 saturated heterocycles. The van der Waals surface area contributed by atoms with Crippen molar-refractivity contribution in [2.24, 2.45) is 4.99 Å². The summed E-state index contributed by atoms with van der Waals surface area (Å²) in [5.41, 5.74) is 3.53. The van der Waals surface area contributed by atoms with Crippen LogP contribution in [0.5, 0.6) is 11.5 Å². The molecule has 0 aliphatic rings. The lowest BCUT2D eigenvalue weighted by molar-refractivity contribution is 0.318. The van der Waals surface area contributed by atoms with Crippen molar-refractivity contribution in [3.8, 4) is 40.0 Å². The summed E-state index contributed by atoms with van der Waals surface area (Å²) in [7, 11) is 0. The molecule has 152 valence electrons. The Balaban J connectivity index is 1.82. The fourth-order valence-electron chi connectivity index (χ4n) is 3.30. The largest absolute Gasteiger partial charge is 0.504 e. The second kappa shape index (κ2) is 9.02. The van der Waals surface area contributed by atoms with E-state index in [1.54, 1.807) is 24.4 Å². The molecule has 5 nitrogen and oxygen atoms in total. The highest BCUT2D eigenvalue weighted by Crippen LogP contribution is 2.42. The highest BCUT2D eigenvalue weighted by molar-refractivity contribution is 5.90. The van der Waals surface area contributed by atoms with Crippen molar-refractivity contribution in [2.75, 3.05) is 6.61 Å². The Morgan fingerprint density at radius 2 is 1.68 bits per heavy atom. The summed E-state index contributed by atoms with van der Waals surface area (Å²) in [4.78, 5) is 4.46. The predicted molar refractivity (Wildman–Crippen MR) is 121 cm³/mol. The number of phenolic OH excluding ortho intramolecular Hbond substituents is 1. The van der Waals surface area contributed by atoms with E-state index >= 15 is 0 Å². The summed E-state index contributed by atoms with van der Waals surface area (Å²) in [6.45, 7) is 2.28. The normalized spacial score (nSPS) is 10.8. The highest BCUT2D eigenvalue weighted by atomic mass is 16.5. The van der Waals surface area contributed by atoms with E-state index in [0.717, 1.165) is 11.1 Å². The summed E-state index contributed by atoms with van der Waals surface area (Å²) in [6, 6.07) is 26.5. The Morgan fingerprint density at radius 1 is 1.00 bits per heavy atom. The van der Waals surface area contributed by atoms with E-state index in [0.29, 0.717) is 34.8 Å². The third kappa shape index (κ3) is 4.19. The van der Waals surface area contributed by atoms with Gasteiger partial charge in [-0.2, -0.15) is 5.26 Å². The van der Waals surface area contributed by atoms with Gasteiger partial charge in [0.2, 0.25) is 5.88 Å². The lowest BCUT2D eigenvalue weighted by Gasteiger charge is -2.05. The molecule has 0 aliphatic heterocycles. The number of rotatable bonds is 6. The molecule has 1 aromatic heterocycles. The first-order valence-corrected chi connectivity index (χ1v) is 9.89. The molecular weight excluding hydrogens is 388 g/mol. The maximum atomic E-state index is 9.93. The highest BCUT2D eigenvalue weighted by Gasteiger charge is 2.22. The van der Waals surface area contributed by atoms with E-state index in [1.165, 1.54) is 0 Å². The van der Waals surface area contributed by atoms with Crippen molar-refractivity contribution in [3.63, 3.8) is 0 Å².